The van der Waals surface area contributed by atoms with Gasteiger partial charge in [-0.3, -0.25) is 0 Å². The minimum Gasteiger partial charge on any atom is -0.396 e. The van der Waals surface area contributed by atoms with Gasteiger partial charge >= 0.3 is 6.03 Å². The van der Waals surface area contributed by atoms with Crippen LogP contribution in [0.3, 0.4) is 0 Å². The van der Waals surface area contributed by atoms with Crippen LogP contribution < -0.4 is 10.6 Å². The average Bonchev–Trinajstić information content (AvgIpc) is 3.17. The molecule has 0 spiro atoms. The Morgan fingerprint density at radius 2 is 2.25 bits per heavy atom. The van der Waals surface area contributed by atoms with Gasteiger partial charge in [-0.1, -0.05) is 17.7 Å². The molecular formula is C14H18ClFN2O2. The van der Waals surface area contributed by atoms with E-state index in [1.165, 1.54) is 12.1 Å². The van der Waals surface area contributed by atoms with Crippen LogP contribution in [0.5, 0.6) is 0 Å². The van der Waals surface area contributed by atoms with Crippen LogP contribution in [0.2, 0.25) is 5.02 Å². The maximum atomic E-state index is 13.7. The van der Waals surface area contributed by atoms with Gasteiger partial charge in [-0.25, -0.2) is 9.18 Å². The molecule has 0 radical (unpaired) electrons. The Kier molecular flexibility index (Phi) is 4.50. The van der Waals surface area contributed by atoms with E-state index in [4.69, 9.17) is 16.7 Å². The number of benzene rings is 1. The first-order valence-electron chi connectivity index (χ1n) is 6.56. The molecule has 2 amide bonds. The molecule has 1 fully saturated rings. The molecule has 0 heterocycles. The quantitative estimate of drug-likeness (QED) is 0.783. The molecule has 1 atom stereocenters. The minimum absolute atomic E-state index is 0.0714. The van der Waals surface area contributed by atoms with Crippen molar-refractivity contribution in [3.63, 3.8) is 0 Å². The molecule has 1 aromatic rings. The molecule has 1 aliphatic rings. The van der Waals surface area contributed by atoms with E-state index in [0.717, 1.165) is 12.8 Å². The van der Waals surface area contributed by atoms with E-state index in [1.54, 1.807) is 13.0 Å². The van der Waals surface area contributed by atoms with E-state index in [0.29, 0.717) is 6.54 Å². The third kappa shape index (κ3) is 3.41. The van der Waals surface area contributed by atoms with Crippen LogP contribution in [-0.4, -0.2) is 24.3 Å². The van der Waals surface area contributed by atoms with Crippen molar-refractivity contribution in [2.24, 2.45) is 5.41 Å². The van der Waals surface area contributed by atoms with Crippen LogP contribution >= 0.6 is 11.6 Å². The number of carbonyl (C=O) groups excluding carboxylic acids is 1. The Labute approximate surface area is 122 Å². The van der Waals surface area contributed by atoms with Crippen LogP contribution in [-0.2, 0) is 0 Å². The van der Waals surface area contributed by atoms with Gasteiger partial charge in [0.2, 0.25) is 0 Å². The molecular weight excluding hydrogens is 283 g/mol. The molecule has 3 N–H and O–H groups in total. The predicted octanol–water partition coefficient (Wildman–Crippen LogP) is 2.61. The average molecular weight is 301 g/mol. The second-order valence-electron chi connectivity index (χ2n) is 5.34. The Balaban J connectivity index is 1.90. The van der Waals surface area contributed by atoms with E-state index < -0.39 is 17.9 Å². The Morgan fingerprint density at radius 3 is 2.80 bits per heavy atom. The molecule has 4 nitrogen and oxygen atoms in total. The second-order valence-corrected chi connectivity index (χ2v) is 5.75. The van der Waals surface area contributed by atoms with Crippen LogP contribution in [0.4, 0.5) is 9.18 Å². The largest absolute Gasteiger partial charge is 0.396 e. The monoisotopic (exact) mass is 300 g/mol. The van der Waals surface area contributed by atoms with Crippen molar-refractivity contribution in [2.45, 2.75) is 25.8 Å². The number of halogens is 2. The van der Waals surface area contributed by atoms with E-state index in [-0.39, 0.29) is 22.6 Å². The summed E-state index contributed by atoms with van der Waals surface area (Å²) in [6.07, 6.45) is 1.83. The number of aliphatic hydroxyl groups excluding tert-OH is 1. The second kappa shape index (κ2) is 5.97. The summed E-state index contributed by atoms with van der Waals surface area (Å²) >= 11 is 5.95. The zero-order valence-electron chi connectivity index (χ0n) is 11.2. The van der Waals surface area contributed by atoms with Crippen LogP contribution in [0.15, 0.2) is 18.2 Å². The van der Waals surface area contributed by atoms with Gasteiger partial charge in [-0.2, -0.15) is 0 Å². The summed E-state index contributed by atoms with van der Waals surface area (Å²) < 4.78 is 13.7. The van der Waals surface area contributed by atoms with E-state index in [9.17, 15) is 9.18 Å². The Hall–Kier alpha value is -1.33. The number of rotatable bonds is 5. The maximum Gasteiger partial charge on any atom is 0.315 e. The third-order valence-corrected chi connectivity index (χ3v) is 4.03. The molecule has 0 aromatic heterocycles. The molecule has 1 saturated carbocycles. The van der Waals surface area contributed by atoms with Crippen molar-refractivity contribution in [3.8, 4) is 0 Å². The lowest BCUT2D eigenvalue weighted by atomic mass is 10.1. The summed E-state index contributed by atoms with van der Waals surface area (Å²) in [5.41, 5.74) is 0.114. The van der Waals surface area contributed by atoms with Crippen LogP contribution in [0.25, 0.3) is 0 Å². The van der Waals surface area contributed by atoms with Crippen LogP contribution in [0, 0.1) is 11.2 Å². The number of carbonyl (C=O) groups is 1. The molecule has 0 bridgehead atoms. The van der Waals surface area contributed by atoms with Crippen molar-refractivity contribution in [3.05, 3.63) is 34.6 Å². The normalized spacial score (nSPS) is 17.4. The van der Waals surface area contributed by atoms with Gasteiger partial charge in [0.1, 0.15) is 5.82 Å². The first-order chi connectivity index (χ1) is 9.47. The Bertz CT molecular complexity index is 486. The number of aliphatic hydroxyl groups is 1. The SMILES string of the molecule is CC(NC(=O)NCC1(CO)CC1)c1c(F)cccc1Cl. The van der Waals surface area contributed by atoms with Crippen molar-refractivity contribution >= 4 is 17.6 Å². The van der Waals surface area contributed by atoms with Crippen molar-refractivity contribution in [1.29, 1.82) is 0 Å². The molecule has 110 valence electrons. The highest BCUT2D eigenvalue weighted by atomic mass is 35.5. The van der Waals surface area contributed by atoms with Gasteiger partial charge in [0.25, 0.3) is 0 Å². The first kappa shape index (κ1) is 15.1. The van der Waals surface area contributed by atoms with Gasteiger partial charge in [0, 0.05) is 22.5 Å². The van der Waals surface area contributed by atoms with Gasteiger partial charge < -0.3 is 15.7 Å². The van der Waals surface area contributed by atoms with E-state index >= 15 is 0 Å². The summed E-state index contributed by atoms with van der Waals surface area (Å²) in [4.78, 5) is 11.8. The molecule has 20 heavy (non-hydrogen) atoms. The lowest BCUT2D eigenvalue weighted by Crippen LogP contribution is -2.40. The highest BCUT2D eigenvalue weighted by Gasteiger charge is 2.42. The summed E-state index contributed by atoms with van der Waals surface area (Å²) in [5.74, 6) is -0.445. The van der Waals surface area contributed by atoms with Crippen molar-refractivity contribution in [1.82, 2.24) is 10.6 Å². The van der Waals surface area contributed by atoms with Gasteiger partial charge in [-0.15, -0.1) is 0 Å². The summed E-state index contributed by atoms with van der Waals surface area (Å²) in [6, 6.07) is 3.49. The van der Waals surface area contributed by atoms with Gasteiger partial charge in [-0.05, 0) is 31.9 Å². The van der Waals surface area contributed by atoms with E-state index in [2.05, 4.69) is 10.6 Å². The number of urea groups is 1. The fourth-order valence-corrected chi connectivity index (χ4v) is 2.41. The zero-order valence-corrected chi connectivity index (χ0v) is 12.0. The highest BCUT2D eigenvalue weighted by molar-refractivity contribution is 6.31. The van der Waals surface area contributed by atoms with Crippen LogP contribution in [0.1, 0.15) is 31.4 Å². The lowest BCUT2D eigenvalue weighted by Gasteiger charge is -2.18. The molecule has 1 aliphatic carbocycles. The highest BCUT2D eigenvalue weighted by Crippen LogP contribution is 2.44. The van der Waals surface area contributed by atoms with E-state index in [1.807, 2.05) is 0 Å². The smallest absolute Gasteiger partial charge is 0.315 e. The number of hydrogen-bond donors (Lipinski definition) is 3. The number of amides is 2. The van der Waals surface area contributed by atoms with Crippen molar-refractivity contribution in [2.75, 3.05) is 13.2 Å². The molecule has 0 saturated heterocycles. The summed E-state index contributed by atoms with van der Waals surface area (Å²) in [6.45, 7) is 2.16. The lowest BCUT2D eigenvalue weighted by molar-refractivity contribution is 0.202. The molecule has 1 aromatic carbocycles. The zero-order chi connectivity index (χ0) is 14.8. The number of hydrogen-bond acceptors (Lipinski definition) is 2. The van der Waals surface area contributed by atoms with Gasteiger partial charge in [0.15, 0.2) is 0 Å². The summed E-state index contributed by atoms with van der Waals surface area (Å²) in [5, 5.41) is 14.8. The molecule has 2 rings (SSSR count). The third-order valence-electron chi connectivity index (χ3n) is 3.70. The predicted molar refractivity (Wildman–Crippen MR) is 75.1 cm³/mol. The summed E-state index contributed by atoms with van der Waals surface area (Å²) in [7, 11) is 0. The van der Waals surface area contributed by atoms with Crippen molar-refractivity contribution < 1.29 is 14.3 Å². The molecule has 1 unspecified atom stereocenters. The standard InChI is InChI=1S/C14H18ClFN2O2/c1-9(12-10(15)3-2-4-11(12)16)18-13(20)17-7-14(8-19)5-6-14/h2-4,9,19H,5-8H2,1H3,(H2,17,18,20). The maximum absolute atomic E-state index is 13.7. The fraction of sp³-hybridized carbons (Fsp3) is 0.500. The van der Waals surface area contributed by atoms with Gasteiger partial charge in [0.05, 0.1) is 12.6 Å². The molecule has 0 aliphatic heterocycles. The molecule has 6 heteroatoms. The first-order valence-corrected chi connectivity index (χ1v) is 6.94. The number of nitrogens with one attached hydrogen (secondary N) is 2. The Morgan fingerprint density at radius 1 is 1.55 bits per heavy atom. The minimum atomic E-state index is -0.534. The topological polar surface area (TPSA) is 61.4 Å². The fourth-order valence-electron chi connectivity index (χ4n) is 2.08.